The molecule has 0 aromatic heterocycles. The van der Waals surface area contributed by atoms with Crippen molar-refractivity contribution < 1.29 is 38.1 Å². The molecule has 4 amide bonds. The summed E-state index contributed by atoms with van der Waals surface area (Å²) in [4.78, 5) is 63.3. The highest BCUT2D eigenvalue weighted by atomic mass is 16.8. The Hall–Kier alpha value is -3.32. The van der Waals surface area contributed by atoms with Gasteiger partial charge in [0.15, 0.2) is 6.29 Å². The zero-order valence-corrected chi connectivity index (χ0v) is 29.3. The van der Waals surface area contributed by atoms with Crippen LogP contribution in [0.5, 0.6) is 0 Å². The highest BCUT2D eigenvalue weighted by Gasteiger charge is 2.65. The van der Waals surface area contributed by atoms with Gasteiger partial charge < -0.3 is 9.47 Å². The molecule has 0 saturated carbocycles. The molecule has 2 heterocycles. The molecule has 2 aliphatic heterocycles. The molecule has 2 aliphatic rings. The number of amides is 4. The largest absolute Gasteiger partial charge is 0.542 e. The van der Waals surface area contributed by atoms with Crippen molar-refractivity contribution in [2.75, 3.05) is 19.7 Å². The van der Waals surface area contributed by atoms with Crippen LogP contribution in [0.1, 0.15) is 99.0 Å². The van der Waals surface area contributed by atoms with Gasteiger partial charge in [-0.2, -0.15) is 9.80 Å². The maximum atomic E-state index is 15.0. The molecule has 0 bridgehead atoms. The summed E-state index contributed by atoms with van der Waals surface area (Å²) in [5, 5.41) is 1.39. The maximum Gasteiger partial charge on any atom is 0.542 e. The molecule has 262 valence electrons. The number of benzene rings is 1. The molecule has 3 rings (SSSR count). The highest BCUT2D eigenvalue weighted by molar-refractivity contribution is 6.05. The van der Waals surface area contributed by atoms with E-state index in [0.29, 0.717) is 19.4 Å². The quantitative estimate of drug-likeness (QED) is 0.0882. The van der Waals surface area contributed by atoms with Crippen molar-refractivity contribution in [3.8, 4) is 0 Å². The van der Waals surface area contributed by atoms with Gasteiger partial charge in [-0.15, -0.1) is 4.59 Å². The van der Waals surface area contributed by atoms with Crippen molar-refractivity contribution in [2.24, 2.45) is 23.1 Å². The summed E-state index contributed by atoms with van der Waals surface area (Å²) in [7, 11) is 0. The molecule has 47 heavy (non-hydrogen) atoms. The number of carbonyl (C=O) groups excluding carboxylic acids is 4. The fourth-order valence-corrected chi connectivity index (χ4v) is 6.73. The van der Waals surface area contributed by atoms with E-state index in [1.807, 2.05) is 70.2 Å². The number of carbonyl (C=O) groups is 4. The molecule has 12 nitrogen and oxygen atoms in total. The van der Waals surface area contributed by atoms with E-state index in [0.717, 1.165) is 18.4 Å². The maximum absolute atomic E-state index is 15.0. The Kier molecular flexibility index (Phi) is 13.5. The van der Waals surface area contributed by atoms with Crippen molar-refractivity contribution in [3.63, 3.8) is 0 Å². The first-order chi connectivity index (χ1) is 22.2. The predicted octanol–water partition coefficient (Wildman–Crippen LogP) is 5.00. The second-order valence-corrected chi connectivity index (χ2v) is 14.3. The summed E-state index contributed by atoms with van der Waals surface area (Å²) in [6.45, 7) is 13.6. The predicted molar refractivity (Wildman–Crippen MR) is 178 cm³/mol. The Bertz CT molecular complexity index is 1240. The third-order valence-corrected chi connectivity index (χ3v) is 8.57. The van der Waals surface area contributed by atoms with Crippen LogP contribution in [0.4, 0.5) is 4.79 Å². The van der Waals surface area contributed by atoms with Crippen LogP contribution in [0.3, 0.4) is 0 Å². The van der Waals surface area contributed by atoms with Gasteiger partial charge in [0.25, 0.3) is 5.91 Å². The van der Waals surface area contributed by atoms with Crippen molar-refractivity contribution in [2.45, 2.75) is 111 Å². The van der Waals surface area contributed by atoms with Crippen LogP contribution < -0.4 is 16.7 Å². The van der Waals surface area contributed by atoms with Crippen LogP contribution in [-0.4, -0.2) is 71.0 Å². The van der Waals surface area contributed by atoms with E-state index in [2.05, 4.69) is 10.9 Å². The number of rotatable bonds is 13. The molecular weight excluding hydrogens is 602 g/mol. The number of hydroxylamine groups is 1. The molecule has 2 fully saturated rings. The smallest absolute Gasteiger partial charge is 0.413 e. The number of quaternary nitrogens is 1. The Labute approximate surface area is 279 Å². The van der Waals surface area contributed by atoms with Gasteiger partial charge in [0.2, 0.25) is 11.9 Å². The molecular formula is C35H56N5O7+. The lowest BCUT2D eigenvalue weighted by Crippen LogP contribution is -2.72. The molecule has 4 N–H and O–H groups in total. The average molecular weight is 659 g/mol. The molecule has 1 aromatic rings. The van der Waals surface area contributed by atoms with Gasteiger partial charge in [0.1, 0.15) is 17.6 Å². The number of nitrogens with two attached hydrogens (primary N) is 1. The van der Waals surface area contributed by atoms with Crippen LogP contribution in [0.25, 0.3) is 6.08 Å². The SMILES string of the molecule is CCCC(CC(C)C)(C(=O)NN)C(=O)N1CC(C)C[N@+]1(C(=O)OC(C)(C)C)[C@@H](C/C=C/c1ccccc1)C(=O)NOC1CCCCO1. The second-order valence-electron chi connectivity index (χ2n) is 14.3. The lowest BCUT2D eigenvalue weighted by Gasteiger charge is -2.45. The van der Waals surface area contributed by atoms with E-state index in [1.54, 1.807) is 20.8 Å². The normalized spacial score (nSPS) is 23.7. The molecule has 2 saturated heterocycles. The minimum Gasteiger partial charge on any atom is -0.413 e. The summed E-state index contributed by atoms with van der Waals surface area (Å²) in [5.41, 5.74) is 3.20. The first-order valence-corrected chi connectivity index (χ1v) is 16.9. The van der Waals surface area contributed by atoms with E-state index in [1.165, 1.54) is 5.01 Å². The third-order valence-electron chi connectivity index (χ3n) is 8.57. The van der Waals surface area contributed by atoms with Gasteiger partial charge >= 0.3 is 12.0 Å². The lowest BCUT2D eigenvalue weighted by atomic mass is 9.74. The Balaban J connectivity index is 2.20. The Morgan fingerprint density at radius 3 is 2.43 bits per heavy atom. The highest BCUT2D eigenvalue weighted by Crippen LogP contribution is 2.41. The van der Waals surface area contributed by atoms with Crippen LogP contribution >= 0.6 is 0 Å². The van der Waals surface area contributed by atoms with Crippen LogP contribution in [0.15, 0.2) is 36.4 Å². The Morgan fingerprint density at radius 1 is 1.15 bits per heavy atom. The molecule has 5 atom stereocenters. The van der Waals surface area contributed by atoms with E-state index in [4.69, 9.17) is 20.2 Å². The van der Waals surface area contributed by atoms with Gasteiger partial charge in [0, 0.05) is 25.4 Å². The standard InChI is InChI=1S/C35H55N5O7/c1-8-20-35(22-25(2)3,31(42)37-36)32(43)39-23-26(4)24-40(39,33(44)46-34(5,6)7)28(18-14-17-27-15-10-9-11-16-27)30(41)38-47-29-19-12-13-21-45-29/h9-11,14-17,25-26,28-29H,8,12-13,18-24,36H2,1-7H3,(H-,37,38,41,42)/p+1/b17-14+/t26?,28-,29?,35?,40+/m0/s1. The summed E-state index contributed by atoms with van der Waals surface area (Å²) in [5.74, 6) is 3.64. The van der Waals surface area contributed by atoms with Crippen molar-refractivity contribution >= 4 is 29.9 Å². The van der Waals surface area contributed by atoms with Crippen molar-refractivity contribution in [1.82, 2.24) is 15.9 Å². The fourth-order valence-electron chi connectivity index (χ4n) is 6.73. The van der Waals surface area contributed by atoms with E-state index >= 15 is 4.79 Å². The van der Waals surface area contributed by atoms with Gasteiger partial charge in [-0.05, 0) is 57.9 Å². The summed E-state index contributed by atoms with van der Waals surface area (Å²) in [6.07, 6.45) is 5.66. The first kappa shape index (κ1) is 38.1. The van der Waals surface area contributed by atoms with E-state index < -0.39 is 51.8 Å². The number of hydrazine groups is 1. The lowest BCUT2D eigenvalue weighted by molar-refractivity contribution is -0.960. The number of ether oxygens (including phenoxy) is 2. The minimum atomic E-state index is -1.57. The molecule has 3 unspecified atom stereocenters. The van der Waals surface area contributed by atoms with Crippen LogP contribution in [0, 0.1) is 17.3 Å². The average Bonchev–Trinajstić information content (AvgIpc) is 3.38. The van der Waals surface area contributed by atoms with Gasteiger partial charge in [-0.25, -0.2) is 16.2 Å². The van der Waals surface area contributed by atoms with Gasteiger partial charge in [0.05, 0.1) is 6.54 Å². The molecule has 0 aliphatic carbocycles. The zero-order valence-electron chi connectivity index (χ0n) is 29.3. The first-order valence-electron chi connectivity index (χ1n) is 16.9. The topological polar surface area (TPSA) is 149 Å². The van der Waals surface area contributed by atoms with E-state index in [-0.39, 0.29) is 44.2 Å². The molecule has 0 spiro atoms. The second kappa shape index (κ2) is 16.7. The zero-order chi connectivity index (χ0) is 34.8. The number of hydrogen-bond donors (Lipinski definition) is 3. The molecule has 12 heteroatoms. The molecule has 1 aromatic carbocycles. The van der Waals surface area contributed by atoms with Crippen molar-refractivity contribution in [3.05, 3.63) is 42.0 Å². The summed E-state index contributed by atoms with van der Waals surface area (Å²) < 4.78 is 10.9. The summed E-state index contributed by atoms with van der Waals surface area (Å²) in [6, 6.07) is 8.39. The number of nitrogens with zero attached hydrogens (tertiary/aromatic N) is 2. The fraction of sp³-hybridized carbons (Fsp3) is 0.657. The third kappa shape index (κ3) is 9.40. The summed E-state index contributed by atoms with van der Waals surface area (Å²) >= 11 is 0. The molecule has 0 radical (unpaired) electrons. The van der Waals surface area contributed by atoms with Gasteiger partial charge in [-0.1, -0.05) is 76.6 Å². The van der Waals surface area contributed by atoms with Gasteiger partial charge in [-0.3, -0.25) is 19.8 Å². The van der Waals surface area contributed by atoms with E-state index in [9.17, 15) is 14.4 Å². The van der Waals surface area contributed by atoms with Crippen LogP contribution in [-0.2, 0) is 28.7 Å². The van der Waals surface area contributed by atoms with Crippen molar-refractivity contribution in [1.29, 1.82) is 0 Å². The minimum absolute atomic E-state index is 0.0527. The number of hydrogen-bond acceptors (Lipinski definition) is 8. The van der Waals surface area contributed by atoms with Crippen LogP contribution in [0.2, 0.25) is 0 Å². The number of nitrogens with one attached hydrogen (secondary N) is 2. The monoisotopic (exact) mass is 658 g/mol. The Morgan fingerprint density at radius 2 is 1.85 bits per heavy atom.